The topological polar surface area (TPSA) is 50.4 Å². The molecule has 0 aromatic heterocycles. The third-order valence-corrected chi connectivity index (χ3v) is 4.09. The summed E-state index contributed by atoms with van der Waals surface area (Å²) < 4.78 is 6.67. The van der Waals surface area contributed by atoms with Crippen LogP contribution < -0.4 is 15.4 Å². The largest absolute Gasteiger partial charge is 0.483 e. The molecule has 1 fully saturated rings. The SMILES string of the molecule is CCNC(C)c1ccc(Br)cc1OCC(=O)NCC1CC1. The van der Waals surface area contributed by atoms with E-state index >= 15 is 0 Å². The van der Waals surface area contributed by atoms with Gasteiger partial charge in [-0.15, -0.1) is 0 Å². The van der Waals surface area contributed by atoms with Gasteiger partial charge in [-0.25, -0.2) is 0 Å². The van der Waals surface area contributed by atoms with Crippen LogP contribution in [-0.2, 0) is 4.79 Å². The van der Waals surface area contributed by atoms with Gasteiger partial charge in [0.15, 0.2) is 6.61 Å². The molecule has 1 amide bonds. The van der Waals surface area contributed by atoms with Gasteiger partial charge in [0.1, 0.15) is 5.75 Å². The summed E-state index contributed by atoms with van der Waals surface area (Å²) in [5.41, 5.74) is 1.06. The molecule has 1 atom stereocenters. The van der Waals surface area contributed by atoms with Gasteiger partial charge in [0.05, 0.1) is 0 Å². The molecule has 4 nitrogen and oxygen atoms in total. The van der Waals surface area contributed by atoms with Crippen LogP contribution >= 0.6 is 15.9 Å². The van der Waals surface area contributed by atoms with Crippen molar-refractivity contribution in [3.8, 4) is 5.75 Å². The van der Waals surface area contributed by atoms with E-state index in [9.17, 15) is 4.79 Å². The van der Waals surface area contributed by atoms with Crippen LogP contribution in [0, 0.1) is 5.92 Å². The van der Waals surface area contributed by atoms with Crippen molar-refractivity contribution in [2.45, 2.75) is 32.7 Å². The fourth-order valence-corrected chi connectivity index (χ4v) is 2.52. The Bertz CT molecular complexity index is 489. The van der Waals surface area contributed by atoms with E-state index < -0.39 is 0 Å². The zero-order valence-electron chi connectivity index (χ0n) is 12.6. The first-order valence-corrected chi connectivity index (χ1v) is 8.31. The molecule has 2 N–H and O–H groups in total. The zero-order valence-corrected chi connectivity index (χ0v) is 14.2. The van der Waals surface area contributed by atoms with Crippen molar-refractivity contribution in [2.75, 3.05) is 19.7 Å². The Kier molecular flexibility index (Phi) is 6.06. The minimum Gasteiger partial charge on any atom is -0.483 e. The van der Waals surface area contributed by atoms with Crippen LogP contribution in [0.25, 0.3) is 0 Å². The maximum atomic E-state index is 11.8. The van der Waals surface area contributed by atoms with E-state index in [1.54, 1.807) is 0 Å². The summed E-state index contributed by atoms with van der Waals surface area (Å²) in [6.07, 6.45) is 2.47. The maximum absolute atomic E-state index is 11.8. The Morgan fingerprint density at radius 2 is 2.24 bits per heavy atom. The molecule has 1 aromatic carbocycles. The second-order valence-electron chi connectivity index (χ2n) is 5.50. The van der Waals surface area contributed by atoms with Crippen molar-refractivity contribution >= 4 is 21.8 Å². The number of rotatable bonds is 8. The zero-order chi connectivity index (χ0) is 15.2. The standard InChI is InChI=1S/C16H23BrN2O2/c1-3-18-11(2)14-7-6-13(17)8-15(14)21-10-16(20)19-9-12-4-5-12/h6-8,11-12,18H,3-5,9-10H2,1-2H3,(H,19,20). The van der Waals surface area contributed by atoms with E-state index in [4.69, 9.17) is 4.74 Å². The first-order chi connectivity index (χ1) is 10.1. The summed E-state index contributed by atoms with van der Waals surface area (Å²) in [5.74, 6) is 1.38. The van der Waals surface area contributed by atoms with Crippen LogP contribution in [0.15, 0.2) is 22.7 Å². The van der Waals surface area contributed by atoms with Crippen molar-refractivity contribution in [2.24, 2.45) is 5.92 Å². The molecule has 1 aromatic rings. The van der Waals surface area contributed by atoms with Gasteiger partial charge in [-0.3, -0.25) is 4.79 Å². The summed E-state index contributed by atoms with van der Waals surface area (Å²) >= 11 is 3.45. The second-order valence-corrected chi connectivity index (χ2v) is 6.41. The van der Waals surface area contributed by atoms with Crippen LogP contribution in [0.5, 0.6) is 5.75 Å². The van der Waals surface area contributed by atoms with Crippen LogP contribution in [0.3, 0.4) is 0 Å². The Morgan fingerprint density at radius 1 is 1.48 bits per heavy atom. The third-order valence-electron chi connectivity index (χ3n) is 3.60. The van der Waals surface area contributed by atoms with E-state index in [1.807, 2.05) is 18.2 Å². The van der Waals surface area contributed by atoms with Crippen LogP contribution in [0.2, 0.25) is 0 Å². The average molecular weight is 355 g/mol. The van der Waals surface area contributed by atoms with Gasteiger partial charge in [-0.2, -0.15) is 0 Å². The van der Waals surface area contributed by atoms with E-state index in [1.165, 1.54) is 12.8 Å². The Morgan fingerprint density at radius 3 is 2.90 bits per heavy atom. The molecule has 0 saturated heterocycles. The molecule has 1 saturated carbocycles. The van der Waals surface area contributed by atoms with Gasteiger partial charge in [-0.1, -0.05) is 28.9 Å². The number of halogens is 1. The Balaban J connectivity index is 1.93. The lowest BCUT2D eigenvalue weighted by Gasteiger charge is -2.18. The van der Waals surface area contributed by atoms with Crippen molar-refractivity contribution in [3.63, 3.8) is 0 Å². The van der Waals surface area contributed by atoms with E-state index in [0.717, 1.165) is 28.9 Å². The van der Waals surface area contributed by atoms with Crippen LogP contribution in [0.1, 0.15) is 38.3 Å². The summed E-state index contributed by atoms with van der Waals surface area (Å²) in [6.45, 7) is 5.89. The number of benzene rings is 1. The summed E-state index contributed by atoms with van der Waals surface area (Å²) in [6, 6.07) is 6.11. The van der Waals surface area contributed by atoms with Gasteiger partial charge >= 0.3 is 0 Å². The molecule has 5 heteroatoms. The highest BCUT2D eigenvalue weighted by Crippen LogP contribution is 2.29. The van der Waals surface area contributed by atoms with Crippen molar-refractivity contribution in [3.05, 3.63) is 28.2 Å². The van der Waals surface area contributed by atoms with Crippen LogP contribution in [0.4, 0.5) is 0 Å². The quantitative estimate of drug-likeness (QED) is 0.754. The molecule has 0 aliphatic heterocycles. The molecule has 0 bridgehead atoms. The lowest BCUT2D eigenvalue weighted by atomic mass is 10.1. The highest BCUT2D eigenvalue weighted by atomic mass is 79.9. The van der Waals surface area contributed by atoms with E-state index in [-0.39, 0.29) is 18.6 Å². The van der Waals surface area contributed by atoms with Gasteiger partial charge in [-0.05, 0) is 44.4 Å². The van der Waals surface area contributed by atoms with Crippen molar-refractivity contribution in [1.82, 2.24) is 10.6 Å². The maximum Gasteiger partial charge on any atom is 0.257 e. The lowest BCUT2D eigenvalue weighted by molar-refractivity contribution is -0.123. The number of nitrogens with one attached hydrogen (secondary N) is 2. The minimum atomic E-state index is -0.0519. The molecule has 2 rings (SSSR count). The highest BCUT2D eigenvalue weighted by molar-refractivity contribution is 9.10. The molecule has 1 aliphatic rings. The summed E-state index contributed by atoms with van der Waals surface area (Å²) in [7, 11) is 0. The molecular formula is C16H23BrN2O2. The Labute approximate surface area is 134 Å². The monoisotopic (exact) mass is 354 g/mol. The predicted octanol–water partition coefficient (Wildman–Crippen LogP) is 3.02. The van der Waals surface area contributed by atoms with E-state index in [2.05, 4.69) is 40.4 Å². The smallest absolute Gasteiger partial charge is 0.257 e. The third kappa shape index (κ3) is 5.32. The fourth-order valence-electron chi connectivity index (χ4n) is 2.18. The first kappa shape index (κ1) is 16.3. The van der Waals surface area contributed by atoms with Gasteiger partial charge in [0.25, 0.3) is 5.91 Å². The Hall–Kier alpha value is -1.07. The molecule has 0 spiro atoms. The minimum absolute atomic E-state index is 0.0519. The predicted molar refractivity (Wildman–Crippen MR) is 87.5 cm³/mol. The molecule has 0 heterocycles. The van der Waals surface area contributed by atoms with Gasteiger partial charge in [0.2, 0.25) is 0 Å². The lowest BCUT2D eigenvalue weighted by Crippen LogP contribution is -2.30. The molecular weight excluding hydrogens is 332 g/mol. The number of amides is 1. The number of carbonyl (C=O) groups excluding carboxylic acids is 1. The fraction of sp³-hybridized carbons (Fsp3) is 0.562. The van der Waals surface area contributed by atoms with Gasteiger partial charge < -0.3 is 15.4 Å². The van der Waals surface area contributed by atoms with Gasteiger partial charge in [0, 0.05) is 22.6 Å². The molecule has 1 aliphatic carbocycles. The molecule has 1 unspecified atom stereocenters. The number of ether oxygens (including phenoxy) is 1. The van der Waals surface area contributed by atoms with Crippen LogP contribution in [-0.4, -0.2) is 25.6 Å². The van der Waals surface area contributed by atoms with Crippen molar-refractivity contribution in [1.29, 1.82) is 0 Å². The first-order valence-electron chi connectivity index (χ1n) is 7.52. The average Bonchev–Trinajstić information content (AvgIpc) is 3.27. The number of hydrogen-bond acceptors (Lipinski definition) is 3. The number of hydrogen-bond donors (Lipinski definition) is 2. The molecule has 0 radical (unpaired) electrons. The normalized spacial score (nSPS) is 15.6. The summed E-state index contributed by atoms with van der Waals surface area (Å²) in [4.78, 5) is 11.8. The van der Waals surface area contributed by atoms with E-state index in [0.29, 0.717) is 5.92 Å². The summed E-state index contributed by atoms with van der Waals surface area (Å²) in [5, 5.41) is 6.27. The second kappa shape index (κ2) is 7.80. The highest BCUT2D eigenvalue weighted by Gasteiger charge is 2.21. The number of carbonyl (C=O) groups is 1. The molecule has 116 valence electrons. The molecule has 21 heavy (non-hydrogen) atoms. The van der Waals surface area contributed by atoms with Crippen molar-refractivity contribution < 1.29 is 9.53 Å².